The molecule has 1 amide bonds. The van der Waals surface area contributed by atoms with E-state index in [0.29, 0.717) is 42.6 Å². The number of amides is 1. The number of carbonyl (C=O) groups excluding carboxylic acids is 2. The second-order valence-electron chi connectivity index (χ2n) is 6.43. The Labute approximate surface area is 160 Å². The first kappa shape index (κ1) is 21.0. The highest BCUT2D eigenvalue weighted by molar-refractivity contribution is 7.15. The van der Waals surface area contributed by atoms with E-state index < -0.39 is 5.97 Å². The third-order valence-electron chi connectivity index (χ3n) is 4.33. The number of carbonyl (C=O) groups is 4. The Morgan fingerprint density at radius 3 is 2.48 bits per heavy atom. The van der Waals surface area contributed by atoms with Crippen molar-refractivity contribution in [1.82, 2.24) is 9.80 Å². The number of aliphatic carboxylic acids is 1. The van der Waals surface area contributed by atoms with Gasteiger partial charge in [-0.25, -0.2) is 0 Å². The Balaban J connectivity index is 0.000000817. The Morgan fingerprint density at radius 2 is 1.89 bits per heavy atom. The molecule has 3 rings (SSSR count). The molecule has 2 N–H and O–H groups in total. The zero-order valence-electron chi connectivity index (χ0n) is 14.9. The van der Waals surface area contributed by atoms with E-state index in [4.69, 9.17) is 19.7 Å². The summed E-state index contributed by atoms with van der Waals surface area (Å²) in [6.07, 6.45) is 0. The topological polar surface area (TPSA) is 124 Å². The van der Waals surface area contributed by atoms with Crippen LogP contribution in [0.1, 0.15) is 26.3 Å². The van der Waals surface area contributed by atoms with Gasteiger partial charge in [-0.1, -0.05) is 0 Å². The van der Waals surface area contributed by atoms with Gasteiger partial charge in [-0.3, -0.25) is 24.1 Å². The average molecular weight is 398 g/mol. The summed E-state index contributed by atoms with van der Waals surface area (Å²) in [7, 11) is 0. The van der Waals surface area contributed by atoms with Crippen LogP contribution < -0.4 is 0 Å². The molecule has 3 heterocycles. The molecule has 2 bridgehead atoms. The first-order valence-corrected chi connectivity index (χ1v) is 9.18. The number of hydrogen-bond acceptors (Lipinski definition) is 7. The molecule has 2 aliphatic rings. The molecule has 27 heavy (non-hydrogen) atoms. The highest BCUT2D eigenvalue weighted by atomic mass is 32.1. The van der Waals surface area contributed by atoms with Crippen LogP contribution in [0.4, 0.5) is 0 Å². The van der Waals surface area contributed by atoms with Gasteiger partial charge >= 0.3 is 5.97 Å². The lowest BCUT2D eigenvalue weighted by Crippen LogP contribution is -2.47. The van der Waals surface area contributed by atoms with Crippen molar-refractivity contribution in [3.05, 3.63) is 21.9 Å². The summed E-state index contributed by atoms with van der Waals surface area (Å²) in [5.41, 5.74) is 0. The lowest BCUT2D eigenvalue weighted by atomic mass is 10.1. The van der Waals surface area contributed by atoms with Gasteiger partial charge in [-0.05, 0) is 19.1 Å². The smallest absolute Gasteiger partial charge is 0.317 e. The maximum absolute atomic E-state index is 12.9. The van der Waals surface area contributed by atoms with Gasteiger partial charge < -0.3 is 19.8 Å². The van der Waals surface area contributed by atoms with Crippen molar-refractivity contribution in [1.29, 1.82) is 0 Å². The van der Waals surface area contributed by atoms with Crippen LogP contribution >= 0.6 is 11.3 Å². The summed E-state index contributed by atoms with van der Waals surface area (Å²) < 4.78 is 5.66. The third-order valence-corrected chi connectivity index (χ3v) is 5.50. The molecule has 2 fully saturated rings. The number of Topliss-reactive ketones (excluding diaryl/α,β-unsaturated/α-hetero) is 1. The molecule has 0 radical (unpaired) electrons. The highest BCUT2D eigenvalue weighted by Gasteiger charge is 2.37. The van der Waals surface area contributed by atoms with Crippen molar-refractivity contribution < 1.29 is 34.1 Å². The Hall–Kier alpha value is -2.30. The number of hydrogen-bond donors (Lipinski definition) is 2. The molecule has 1 aromatic rings. The minimum Gasteiger partial charge on any atom is -0.483 e. The van der Waals surface area contributed by atoms with E-state index in [2.05, 4.69) is 0 Å². The Morgan fingerprint density at radius 1 is 1.22 bits per heavy atom. The summed E-state index contributed by atoms with van der Waals surface area (Å²) in [5.74, 6) is -0.930. The number of ketones is 1. The van der Waals surface area contributed by atoms with Crippen LogP contribution in [-0.4, -0.2) is 89.6 Å². The molecule has 0 aromatic carbocycles. The van der Waals surface area contributed by atoms with Crippen LogP contribution in [0, 0.1) is 5.92 Å². The van der Waals surface area contributed by atoms with Gasteiger partial charge in [0, 0.05) is 25.6 Å². The van der Waals surface area contributed by atoms with Crippen LogP contribution in [0.2, 0.25) is 0 Å². The minimum absolute atomic E-state index is 0.0253. The Kier molecular flexibility index (Phi) is 7.45. The summed E-state index contributed by atoms with van der Waals surface area (Å²) in [6, 6.07) is 3.19. The highest BCUT2D eigenvalue weighted by Crippen LogP contribution is 2.25. The Bertz CT molecular complexity index is 705. The molecule has 10 heteroatoms. The fraction of sp³-hybridized carbons (Fsp3) is 0.529. The summed E-state index contributed by atoms with van der Waals surface area (Å²) in [4.78, 5) is 48.5. The number of thiophene rings is 1. The first-order valence-electron chi connectivity index (χ1n) is 8.37. The van der Waals surface area contributed by atoms with Gasteiger partial charge in [-0.2, -0.15) is 0 Å². The van der Waals surface area contributed by atoms with Crippen molar-refractivity contribution in [3.63, 3.8) is 0 Å². The quantitative estimate of drug-likeness (QED) is 0.555. The fourth-order valence-corrected chi connectivity index (χ4v) is 4.15. The van der Waals surface area contributed by atoms with Gasteiger partial charge in [0.05, 0.1) is 35.6 Å². The molecule has 2 atom stereocenters. The number of rotatable bonds is 4. The largest absolute Gasteiger partial charge is 0.483 e. The lowest BCUT2D eigenvalue weighted by Gasteiger charge is -2.30. The van der Waals surface area contributed by atoms with Crippen LogP contribution in [0.15, 0.2) is 12.1 Å². The monoisotopic (exact) mass is 398 g/mol. The molecule has 2 aliphatic heterocycles. The molecule has 0 saturated carbocycles. The van der Waals surface area contributed by atoms with E-state index in [1.807, 2.05) is 4.90 Å². The minimum atomic E-state index is -0.863. The zero-order chi connectivity index (χ0) is 20.0. The number of ether oxygens (including phenoxy) is 1. The van der Waals surface area contributed by atoms with Crippen LogP contribution in [0.25, 0.3) is 0 Å². The lowest BCUT2D eigenvalue weighted by molar-refractivity contribution is -0.138. The van der Waals surface area contributed by atoms with Crippen molar-refractivity contribution in [2.24, 2.45) is 5.92 Å². The number of fused-ring (bicyclic) bond motifs is 3. The van der Waals surface area contributed by atoms with E-state index >= 15 is 0 Å². The number of nitrogens with zero attached hydrogens (tertiary/aromatic N) is 2. The van der Waals surface area contributed by atoms with E-state index in [1.165, 1.54) is 18.3 Å². The van der Waals surface area contributed by atoms with Gasteiger partial charge in [-0.15, -0.1) is 11.3 Å². The van der Waals surface area contributed by atoms with E-state index in [1.54, 1.807) is 17.0 Å². The number of carboxylic acid groups (broad SMARTS) is 2. The van der Waals surface area contributed by atoms with E-state index in [9.17, 15) is 14.4 Å². The zero-order valence-corrected chi connectivity index (χ0v) is 15.7. The molecule has 0 aliphatic carbocycles. The normalized spacial score (nSPS) is 22.2. The predicted molar refractivity (Wildman–Crippen MR) is 96.2 cm³/mol. The van der Waals surface area contributed by atoms with Crippen molar-refractivity contribution in [2.75, 3.05) is 39.4 Å². The summed E-state index contributed by atoms with van der Waals surface area (Å²) >= 11 is 1.21. The predicted octanol–water partition coefficient (Wildman–Crippen LogP) is 0.509. The molecule has 148 valence electrons. The number of carboxylic acids is 1. The van der Waals surface area contributed by atoms with Gasteiger partial charge in [0.25, 0.3) is 12.4 Å². The molecule has 1 aromatic heterocycles. The fourth-order valence-electron chi connectivity index (χ4n) is 3.29. The first-order chi connectivity index (χ1) is 12.8. The molecular formula is C17H22N2O7S. The van der Waals surface area contributed by atoms with Crippen molar-refractivity contribution in [2.45, 2.75) is 13.0 Å². The van der Waals surface area contributed by atoms with Crippen LogP contribution in [0.5, 0.6) is 0 Å². The molecular weight excluding hydrogens is 376 g/mol. The molecule has 0 unspecified atom stereocenters. The van der Waals surface area contributed by atoms with Crippen molar-refractivity contribution >= 4 is 35.5 Å². The van der Waals surface area contributed by atoms with E-state index in [-0.39, 0.29) is 36.7 Å². The van der Waals surface area contributed by atoms with Gasteiger partial charge in [0.15, 0.2) is 5.78 Å². The maximum Gasteiger partial charge on any atom is 0.317 e. The summed E-state index contributed by atoms with van der Waals surface area (Å²) in [6.45, 7) is 3.78. The second-order valence-corrected chi connectivity index (χ2v) is 7.51. The molecule has 2 saturated heterocycles. The van der Waals surface area contributed by atoms with Crippen LogP contribution in [0.3, 0.4) is 0 Å². The average Bonchev–Trinajstić information content (AvgIpc) is 2.91. The third kappa shape index (κ3) is 5.59. The van der Waals surface area contributed by atoms with Gasteiger partial charge in [0.2, 0.25) is 0 Å². The van der Waals surface area contributed by atoms with E-state index in [0.717, 1.165) is 0 Å². The summed E-state index contributed by atoms with van der Waals surface area (Å²) in [5, 5.41) is 15.9. The molecule has 9 nitrogen and oxygen atoms in total. The van der Waals surface area contributed by atoms with Crippen LogP contribution in [-0.2, 0) is 14.3 Å². The molecule has 0 spiro atoms. The maximum atomic E-state index is 12.9. The van der Waals surface area contributed by atoms with Gasteiger partial charge in [0.1, 0.15) is 0 Å². The SMILES string of the molecule is CC(=O)c1ccc(C(=O)N2C[C@H]3COC[C@@H]2CN(CC(=O)O)C3)s1.O=CO. The second kappa shape index (κ2) is 9.58. The van der Waals surface area contributed by atoms with Crippen molar-refractivity contribution in [3.8, 4) is 0 Å². The standard InChI is InChI=1S/C16H20N2O5S.CH2O2/c1-10(19)13-2-3-14(24-13)16(22)18-5-11-4-17(7-15(20)21)6-12(18)9-23-8-11;2-1-3/h2-3,11-12H,4-9H2,1H3,(H,20,21);1H,(H,2,3)/t11-,12-;/m0./s1.